The van der Waals surface area contributed by atoms with Crippen LogP contribution in [-0.4, -0.2) is 45.3 Å². The molecule has 1 rings (SSSR count). The Hall–Kier alpha value is -0.830. The van der Waals surface area contributed by atoms with Crippen LogP contribution in [0.5, 0.6) is 11.5 Å². The number of unbranched alkanes of at least 4 members (excludes halogenated alkanes) is 1. The molecule has 0 aliphatic carbocycles. The van der Waals surface area contributed by atoms with Crippen LogP contribution < -0.4 is 20.1 Å². The van der Waals surface area contributed by atoms with E-state index in [1.165, 1.54) is 12.2 Å². The van der Waals surface area contributed by atoms with Gasteiger partial charge >= 0.3 is 0 Å². The maximum Gasteiger partial charge on any atom is 0.195 e. The van der Waals surface area contributed by atoms with Gasteiger partial charge in [-0.2, -0.15) is 11.8 Å². The number of anilines is 1. The maximum absolute atomic E-state index is 5.52. The van der Waals surface area contributed by atoms with Gasteiger partial charge in [-0.25, -0.2) is 0 Å². The van der Waals surface area contributed by atoms with Crippen molar-refractivity contribution in [2.45, 2.75) is 19.8 Å². The zero-order valence-corrected chi connectivity index (χ0v) is 17.5. The summed E-state index contributed by atoms with van der Waals surface area (Å²) in [6, 6.07) is 5.76. The smallest absolute Gasteiger partial charge is 0.195 e. The average molecular weight is 453 g/mol. The standard InChI is InChI=1S/C16H27N3O2S.HI/c1-5-21-14-9-8-13(12-15(14)20-3)19-16(17-2)18-10-6-7-11-22-4;/h8-9,12H,5-7,10-11H2,1-4H3,(H2,17,18,19);1H. The molecule has 0 saturated heterocycles. The molecule has 0 bridgehead atoms. The summed E-state index contributed by atoms with van der Waals surface area (Å²) >= 11 is 1.88. The van der Waals surface area contributed by atoms with Gasteiger partial charge in [0.1, 0.15) is 0 Å². The molecule has 0 heterocycles. The van der Waals surface area contributed by atoms with Crippen LogP contribution in [0.4, 0.5) is 5.69 Å². The predicted molar refractivity (Wildman–Crippen MR) is 112 cm³/mol. The van der Waals surface area contributed by atoms with Crippen LogP contribution >= 0.6 is 35.7 Å². The molecule has 0 radical (unpaired) electrons. The lowest BCUT2D eigenvalue weighted by Gasteiger charge is -2.14. The van der Waals surface area contributed by atoms with Gasteiger partial charge in [-0.15, -0.1) is 24.0 Å². The average Bonchev–Trinajstić information content (AvgIpc) is 2.55. The molecule has 0 spiro atoms. The van der Waals surface area contributed by atoms with Crippen molar-refractivity contribution in [1.82, 2.24) is 5.32 Å². The second-order valence-corrected chi connectivity index (χ2v) is 5.61. The van der Waals surface area contributed by atoms with Crippen LogP contribution in [0.1, 0.15) is 19.8 Å². The fourth-order valence-electron chi connectivity index (χ4n) is 1.91. The molecule has 2 N–H and O–H groups in total. The Labute approximate surface area is 161 Å². The van der Waals surface area contributed by atoms with Crippen molar-refractivity contribution in [1.29, 1.82) is 0 Å². The summed E-state index contributed by atoms with van der Waals surface area (Å²) in [5.41, 5.74) is 0.914. The minimum atomic E-state index is 0. The van der Waals surface area contributed by atoms with E-state index < -0.39 is 0 Å². The fourth-order valence-corrected chi connectivity index (χ4v) is 2.41. The van der Waals surface area contributed by atoms with E-state index in [2.05, 4.69) is 21.9 Å². The van der Waals surface area contributed by atoms with E-state index >= 15 is 0 Å². The summed E-state index contributed by atoms with van der Waals surface area (Å²) in [7, 11) is 3.41. The highest BCUT2D eigenvalue weighted by molar-refractivity contribution is 14.0. The Morgan fingerprint density at radius 1 is 1.26 bits per heavy atom. The third kappa shape index (κ3) is 8.55. The van der Waals surface area contributed by atoms with Gasteiger partial charge in [0.05, 0.1) is 13.7 Å². The minimum absolute atomic E-state index is 0. The van der Waals surface area contributed by atoms with Crippen molar-refractivity contribution in [2.24, 2.45) is 4.99 Å². The molecular weight excluding hydrogens is 425 g/mol. The number of hydrogen-bond donors (Lipinski definition) is 2. The Balaban J connectivity index is 0.00000484. The molecule has 5 nitrogen and oxygen atoms in total. The summed E-state index contributed by atoms with van der Waals surface area (Å²) in [6.45, 7) is 3.48. The lowest BCUT2D eigenvalue weighted by atomic mass is 10.2. The molecule has 0 aromatic heterocycles. The normalized spacial score (nSPS) is 10.7. The van der Waals surface area contributed by atoms with Gasteiger partial charge in [0.25, 0.3) is 0 Å². The van der Waals surface area contributed by atoms with Gasteiger partial charge in [0.2, 0.25) is 0 Å². The zero-order chi connectivity index (χ0) is 16.2. The highest BCUT2D eigenvalue weighted by Crippen LogP contribution is 2.30. The number of hydrogen-bond acceptors (Lipinski definition) is 4. The highest BCUT2D eigenvalue weighted by Gasteiger charge is 2.06. The Kier molecular flexibility index (Phi) is 13.1. The molecule has 1 aromatic rings. The van der Waals surface area contributed by atoms with Crippen LogP contribution in [0.2, 0.25) is 0 Å². The molecule has 0 fully saturated rings. The van der Waals surface area contributed by atoms with E-state index in [4.69, 9.17) is 9.47 Å². The molecule has 0 aliphatic rings. The summed E-state index contributed by atoms with van der Waals surface area (Å²) in [5.74, 6) is 3.41. The first kappa shape index (κ1) is 22.2. The number of guanidine groups is 1. The molecule has 132 valence electrons. The van der Waals surface area contributed by atoms with Gasteiger partial charge < -0.3 is 20.1 Å². The Morgan fingerprint density at radius 2 is 2.04 bits per heavy atom. The second kappa shape index (κ2) is 13.6. The van der Waals surface area contributed by atoms with Crippen molar-refractivity contribution < 1.29 is 9.47 Å². The summed E-state index contributed by atoms with van der Waals surface area (Å²) < 4.78 is 10.9. The lowest BCUT2D eigenvalue weighted by Crippen LogP contribution is -2.31. The zero-order valence-electron chi connectivity index (χ0n) is 14.3. The number of ether oxygens (including phenoxy) is 2. The van der Waals surface area contributed by atoms with E-state index in [0.29, 0.717) is 12.4 Å². The number of thioether (sulfide) groups is 1. The number of methoxy groups -OCH3 is 1. The molecule has 0 unspecified atom stereocenters. The highest BCUT2D eigenvalue weighted by atomic mass is 127. The molecule has 0 saturated carbocycles. The minimum Gasteiger partial charge on any atom is -0.493 e. The summed E-state index contributed by atoms with van der Waals surface area (Å²) in [4.78, 5) is 4.23. The number of halogens is 1. The molecular formula is C16H28IN3O2S. The largest absolute Gasteiger partial charge is 0.493 e. The van der Waals surface area contributed by atoms with Crippen LogP contribution in [-0.2, 0) is 0 Å². The monoisotopic (exact) mass is 453 g/mol. The second-order valence-electron chi connectivity index (χ2n) is 4.62. The third-order valence-corrected chi connectivity index (χ3v) is 3.71. The predicted octanol–water partition coefficient (Wildman–Crippen LogP) is 3.84. The lowest BCUT2D eigenvalue weighted by molar-refractivity contribution is 0.311. The van der Waals surface area contributed by atoms with Crippen LogP contribution in [0.25, 0.3) is 0 Å². The third-order valence-electron chi connectivity index (χ3n) is 3.02. The van der Waals surface area contributed by atoms with Gasteiger partial charge in [-0.3, -0.25) is 4.99 Å². The van der Waals surface area contributed by atoms with E-state index in [9.17, 15) is 0 Å². The maximum atomic E-state index is 5.52. The molecule has 0 amide bonds. The SMILES string of the molecule is CCOc1ccc(NC(=NC)NCCCCSC)cc1OC.I. The number of rotatable bonds is 9. The number of nitrogens with one attached hydrogen (secondary N) is 2. The van der Waals surface area contributed by atoms with Crippen molar-refractivity contribution in [2.75, 3.05) is 44.6 Å². The Bertz CT molecular complexity index is 473. The van der Waals surface area contributed by atoms with Crippen molar-refractivity contribution in [3.05, 3.63) is 18.2 Å². The van der Waals surface area contributed by atoms with E-state index in [1.807, 2.05) is 36.9 Å². The van der Waals surface area contributed by atoms with Gasteiger partial charge in [0.15, 0.2) is 17.5 Å². The van der Waals surface area contributed by atoms with Gasteiger partial charge in [-0.1, -0.05) is 0 Å². The number of aliphatic imine (C=N–C) groups is 1. The topological polar surface area (TPSA) is 54.9 Å². The van der Waals surface area contributed by atoms with Crippen LogP contribution in [0, 0.1) is 0 Å². The molecule has 0 aliphatic heterocycles. The van der Waals surface area contributed by atoms with Crippen molar-refractivity contribution in [3.63, 3.8) is 0 Å². The molecule has 1 aromatic carbocycles. The van der Waals surface area contributed by atoms with E-state index in [1.54, 1.807) is 14.2 Å². The molecule has 23 heavy (non-hydrogen) atoms. The fraction of sp³-hybridized carbons (Fsp3) is 0.562. The quantitative estimate of drug-likeness (QED) is 0.258. The first-order valence-electron chi connectivity index (χ1n) is 7.52. The van der Waals surface area contributed by atoms with E-state index in [-0.39, 0.29) is 24.0 Å². The van der Waals surface area contributed by atoms with E-state index in [0.717, 1.165) is 30.4 Å². The Morgan fingerprint density at radius 3 is 2.65 bits per heavy atom. The summed E-state index contributed by atoms with van der Waals surface area (Å²) in [5, 5.41) is 6.57. The summed E-state index contributed by atoms with van der Waals surface area (Å²) in [6.07, 6.45) is 4.48. The number of benzene rings is 1. The van der Waals surface area contributed by atoms with Crippen molar-refractivity contribution >= 4 is 47.4 Å². The van der Waals surface area contributed by atoms with Crippen molar-refractivity contribution in [3.8, 4) is 11.5 Å². The molecule has 0 atom stereocenters. The van der Waals surface area contributed by atoms with Gasteiger partial charge in [0, 0.05) is 25.3 Å². The first-order chi connectivity index (χ1) is 10.7. The van der Waals surface area contributed by atoms with Crippen LogP contribution in [0.15, 0.2) is 23.2 Å². The number of nitrogens with zero attached hydrogens (tertiary/aromatic N) is 1. The molecule has 7 heteroatoms. The van der Waals surface area contributed by atoms with Crippen LogP contribution in [0.3, 0.4) is 0 Å². The first-order valence-corrected chi connectivity index (χ1v) is 8.92. The van der Waals surface area contributed by atoms with Gasteiger partial charge in [-0.05, 0) is 43.9 Å².